The molecule has 0 aromatic heterocycles. The van der Waals surface area contributed by atoms with Gasteiger partial charge in [-0.05, 0) is 23.8 Å². The molecule has 1 N–H and O–H groups in total. The quantitative estimate of drug-likeness (QED) is 0.774. The van der Waals surface area contributed by atoms with Crippen molar-refractivity contribution in [2.75, 3.05) is 38.0 Å². The first kappa shape index (κ1) is 19.0. The molecule has 2 aromatic carbocycles. The van der Waals surface area contributed by atoms with Crippen LogP contribution in [-0.4, -0.2) is 48.4 Å². The highest BCUT2D eigenvalue weighted by atomic mass is 79.9. The van der Waals surface area contributed by atoms with Gasteiger partial charge in [-0.3, -0.25) is 9.69 Å². The first-order chi connectivity index (χ1) is 12.6. The van der Waals surface area contributed by atoms with E-state index >= 15 is 0 Å². The van der Waals surface area contributed by atoms with Gasteiger partial charge in [-0.1, -0.05) is 46.3 Å². The van der Waals surface area contributed by atoms with E-state index in [0.717, 1.165) is 32.7 Å². The first-order valence-electron chi connectivity index (χ1n) is 8.84. The Morgan fingerprint density at radius 1 is 1.04 bits per heavy atom. The van der Waals surface area contributed by atoms with E-state index in [9.17, 15) is 9.18 Å². The zero-order valence-corrected chi connectivity index (χ0v) is 16.2. The molecule has 1 amide bonds. The van der Waals surface area contributed by atoms with Gasteiger partial charge in [0.25, 0.3) is 0 Å². The summed E-state index contributed by atoms with van der Waals surface area (Å²) < 4.78 is 14.4. The molecule has 0 spiro atoms. The van der Waals surface area contributed by atoms with E-state index < -0.39 is 5.82 Å². The molecular formula is C20H23BrFN3O. The fourth-order valence-electron chi connectivity index (χ4n) is 3.08. The van der Waals surface area contributed by atoms with Crippen LogP contribution in [0.5, 0.6) is 0 Å². The number of piperazine rings is 1. The standard InChI is InChI=1S/C20H23BrFN3O/c21-17-6-7-19(18(22)14-17)23-20(26)8-9-24-10-12-25(13-11-24)15-16-4-2-1-3-5-16/h1-7,14H,8-13,15H2,(H,23,26). The summed E-state index contributed by atoms with van der Waals surface area (Å²) in [5.74, 6) is -0.583. The monoisotopic (exact) mass is 419 g/mol. The molecule has 26 heavy (non-hydrogen) atoms. The van der Waals surface area contributed by atoms with E-state index in [-0.39, 0.29) is 11.6 Å². The molecule has 1 aliphatic heterocycles. The molecule has 1 heterocycles. The van der Waals surface area contributed by atoms with E-state index in [1.165, 1.54) is 11.6 Å². The minimum atomic E-state index is -0.428. The van der Waals surface area contributed by atoms with Crippen LogP contribution in [0.2, 0.25) is 0 Å². The second-order valence-electron chi connectivity index (χ2n) is 6.53. The lowest BCUT2D eigenvalue weighted by Crippen LogP contribution is -2.46. The largest absolute Gasteiger partial charge is 0.324 e. The maximum absolute atomic E-state index is 13.8. The van der Waals surface area contributed by atoms with Gasteiger partial charge in [0.15, 0.2) is 0 Å². The SMILES string of the molecule is O=C(CCN1CCN(Cc2ccccc2)CC1)Nc1ccc(Br)cc1F. The van der Waals surface area contributed by atoms with Crippen LogP contribution in [-0.2, 0) is 11.3 Å². The van der Waals surface area contributed by atoms with Crippen LogP contribution in [0.3, 0.4) is 0 Å². The summed E-state index contributed by atoms with van der Waals surface area (Å²) in [6, 6.07) is 15.1. The lowest BCUT2D eigenvalue weighted by atomic mass is 10.2. The van der Waals surface area contributed by atoms with Crippen LogP contribution in [0.25, 0.3) is 0 Å². The van der Waals surface area contributed by atoms with Gasteiger partial charge in [-0.2, -0.15) is 0 Å². The Balaban J connectivity index is 1.38. The molecule has 6 heteroatoms. The molecule has 1 aliphatic rings. The lowest BCUT2D eigenvalue weighted by Gasteiger charge is -2.34. The van der Waals surface area contributed by atoms with Crippen molar-refractivity contribution in [2.24, 2.45) is 0 Å². The molecule has 2 aromatic rings. The lowest BCUT2D eigenvalue weighted by molar-refractivity contribution is -0.116. The zero-order valence-electron chi connectivity index (χ0n) is 14.6. The summed E-state index contributed by atoms with van der Waals surface area (Å²) in [7, 11) is 0. The third-order valence-electron chi connectivity index (χ3n) is 4.57. The Morgan fingerprint density at radius 3 is 2.42 bits per heavy atom. The van der Waals surface area contributed by atoms with Gasteiger partial charge >= 0.3 is 0 Å². The molecule has 1 fully saturated rings. The maximum Gasteiger partial charge on any atom is 0.225 e. The highest BCUT2D eigenvalue weighted by Crippen LogP contribution is 2.19. The van der Waals surface area contributed by atoms with Crippen LogP contribution in [0.15, 0.2) is 53.0 Å². The summed E-state index contributed by atoms with van der Waals surface area (Å²) in [5.41, 5.74) is 1.56. The number of carbonyl (C=O) groups excluding carboxylic acids is 1. The number of nitrogens with zero attached hydrogens (tertiary/aromatic N) is 2. The zero-order chi connectivity index (χ0) is 18.4. The van der Waals surface area contributed by atoms with Crippen LogP contribution < -0.4 is 5.32 Å². The number of nitrogens with one attached hydrogen (secondary N) is 1. The highest BCUT2D eigenvalue weighted by Gasteiger charge is 2.18. The number of halogens is 2. The Morgan fingerprint density at radius 2 is 1.73 bits per heavy atom. The molecule has 1 saturated heterocycles. The summed E-state index contributed by atoms with van der Waals surface area (Å²) in [6.45, 7) is 5.57. The van der Waals surface area contributed by atoms with Crippen molar-refractivity contribution < 1.29 is 9.18 Å². The number of anilines is 1. The summed E-state index contributed by atoms with van der Waals surface area (Å²) in [4.78, 5) is 16.8. The number of hydrogen-bond acceptors (Lipinski definition) is 3. The second kappa shape index (κ2) is 9.26. The van der Waals surface area contributed by atoms with E-state index in [1.807, 2.05) is 6.07 Å². The maximum atomic E-state index is 13.8. The fourth-order valence-corrected chi connectivity index (χ4v) is 3.41. The number of benzene rings is 2. The minimum absolute atomic E-state index is 0.155. The van der Waals surface area contributed by atoms with Crippen molar-refractivity contribution in [3.63, 3.8) is 0 Å². The van der Waals surface area contributed by atoms with Crippen molar-refractivity contribution >= 4 is 27.5 Å². The second-order valence-corrected chi connectivity index (χ2v) is 7.44. The minimum Gasteiger partial charge on any atom is -0.324 e. The van der Waals surface area contributed by atoms with Crippen LogP contribution in [0.4, 0.5) is 10.1 Å². The van der Waals surface area contributed by atoms with Gasteiger partial charge in [-0.15, -0.1) is 0 Å². The summed E-state index contributed by atoms with van der Waals surface area (Å²) >= 11 is 3.21. The Bertz CT molecular complexity index is 733. The molecule has 0 unspecified atom stereocenters. The third-order valence-corrected chi connectivity index (χ3v) is 5.07. The van der Waals surface area contributed by atoms with Gasteiger partial charge in [-0.25, -0.2) is 4.39 Å². The summed E-state index contributed by atoms with van der Waals surface area (Å²) in [6.07, 6.45) is 0.369. The molecule has 0 bridgehead atoms. The molecule has 4 nitrogen and oxygen atoms in total. The predicted octanol–water partition coefficient (Wildman–Crippen LogP) is 3.73. The van der Waals surface area contributed by atoms with Gasteiger partial charge in [0, 0.05) is 50.2 Å². The number of rotatable bonds is 6. The topological polar surface area (TPSA) is 35.6 Å². The van der Waals surface area contributed by atoms with Crippen LogP contribution in [0, 0.1) is 5.82 Å². The van der Waals surface area contributed by atoms with E-state index in [4.69, 9.17) is 0 Å². The van der Waals surface area contributed by atoms with Crippen molar-refractivity contribution in [1.29, 1.82) is 0 Å². The molecule has 0 atom stereocenters. The smallest absolute Gasteiger partial charge is 0.225 e. The molecule has 0 saturated carbocycles. The van der Waals surface area contributed by atoms with Crippen molar-refractivity contribution in [1.82, 2.24) is 9.80 Å². The number of hydrogen-bond donors (Lipinski definition) is 1. The Labute approximate surface area is 162 Å². The van der Waals surface area contributed by atoms with E-state index in [0.29, 0.717) is 17.4 Å². The van der Waals surface area contributed by atoms with E-state index in [2.05, 4.69) is 55.3 Å². The third kappa shape index (κ3) is 5.62. The average Bonchev–Trinajstić information content (AvgIpc) is 2.64. The molecule has 0 radical (unpaired) electrons. The molecule has 0 aliphatic carbocycles. The normalized spacial score (nSPS) is 15.8. The Hall–Kier alpha value is -1.76. The van der Waals surface area contributed by atoms with Gasteiger partial charge in [0.2, 0.25) is 5.91 Å². The van der Waals surface area contributed by atoms with Crippen LogP contribution in [0.1, 0.15) is 12.0 Å². The van der Waals surface area contributed by atoms with E-state index in [1.54, 1.807) is 12.1 Å². The van der Waals surface area contributed by atoms with Crippen molar-refractivity contribution in [3.8, 4) is 0 Å². The number of amides is 1. The Kier molecular flexibility index (Phi) is 6.77. The molecule has 3 rings (SSSR count). The van der Waals surface area contributed by atoms with Gasteiger partial charge in [0.05, 0.1) is 5.69 Å². The molecular weight excluding hydrogens is 397 g/mol. The molecule has 138 valence electrons. The van der Waals surface area contributed by atoms with Gasteiger partial charge in [0.1, 0.15) is 5.82 Å². The van der Waals surface area contributed by atoms with Gasteiger partial charge < -0.3 is 10.2 Å². The predicted molar refractivity (Wildman–Crippen MR) is 106 cm³/mol. The van der Waals surface area contributed by atoms with Crippen molar-refractivity contribution in [3.05, 3.63) is 64.4 Å². The van der Waals surface area contributed by atoms with Crippen molar-refractivity contribution in [2.45, 2.75) is 13.0 Å². The fraction of sp³-hybridized carbons (Fsp3) is 0.350. The highest BCUT2D eigenvalue weighted by molar-refractivity contribution is 9.10. The first-order valence-corrected chi connectivity index (χ1v) is 9.63. The van der Waals surface area contributed by atoms with Crippen LogP contribution >= 0.6 is 15.9 Å². The number of carbonyl (C=O) groups is 1. The average molecular weight is 420 g/mol. The summed E-state index contributed by atoms with van der Waals surface area (Å²) in [5, 5.41) is 2.65.